The number of benzene rings is 2. The Bertz CT molecular complexity index is 684. The maximum Gasteiger partial charge on any atom is 0.248 e. The van der Waals surface area contributed by atoms with Crippen LogP contribution >= 0.6 is 23.2 Å². The fourth-order valence-electron chi connectivity index (χ4n) is 1.73. The van der Waals surface area contributed by atoms with Crippen molar-refractivity contribution in [3.05, 3.63) is 64.1 Å². The summed E-state index contributed by atoms with van der Waals surface area (Å²) in [7, 11) is 1.53. The van der Waals surface area contributed by atoms with E-state index < -0.39 is 0 Å². The van der Waals surface area contributed by atoms with Crippen LogP contribution in [-0.2, 0) is 4.79 Å². The van der Waals surface area contributed by atoms with E-state index in [0.29, 0.717) is 21.5 Å². The summed E-state index contributed by atoms with van der Waals surface area (Å²) in [6, 6.07) is 12.2. The first-order chi connectivity index (χ1) is 10.1. The van der Waals surface area contributed by atoms with Gasteiger partial charge >= 0.3 is 0 Å². The second kappa shape index (κ2) is 7.16. The molecule has 0 aliphatic carbocycles. The molecule has 5 heteroatoms. The third kappa shape index (κ3) is 4.52. The summed E-state index contributed by atoms with van der Waals surface area (Å²) in [4.78, 5) is 11.9. The van der Waals surface area contributed by atoms with Crippen LogP contribution in [0.1, 0.15) is 5.56 Å². The number of hydrogen-bond acceptors (Lipinski definition) is 2. The van der Waals surface area contributed by atoms with Crippen LogP contribution in [0.2, 0.25) is 10.0 Å². The van der Waals surface area contributed by atoms with Crippen molar-refractivity contribution in [3.8, 4) is 5.75 Å². The number of ether oxygens (including phenoxy) is 1. The highest BCUT2D eigenvalue weighted by Crippen LogP contribution is 2.27. The summed E-state index contributed by atoms with van der Waals surface area (Å²) < 4.78 is 5.16. The molecule has 0 aliphatic rings. The molecule has 0 radical (unpaired) electrons. The van der Waals surface area contributed by atoms with Crippen LogP contribution in [0.4, 0.5) is 5.69 Å². The lowest BCUT2D eigenvalue weighted by molar-refractivity contribution is -0.111. The Balaban J connectivity index is 2.10. The van der Waals surface area contributed by atoms with Gasteiger partial charge in [-0.3, -0.25) is 4.79 Å². The molecule has 0 heterocycles. The zero-order valence-corrected chi connectivity index (χ0v) is 12.8. The lowest BCUT2D eigenvalue weighted by atomic mass is 10.2. The number of hydrogen-bond donors (Lipinski definition) is 1. The number of nitrogens with one attached hydrogen (secondary N) is 1. The summed E-state index contributed by atoms with van der Waals surface area (Å²) in [5.74, 6) is 0.263. The Labute approximate surface area is 133 Å². The Morgan fingerprint density at radius 1 is 1.14 bits per heavy atom. The quantitative estimate of drug-likeness (QED) is 0.832. The molecule has 0 unspecified atom stereocenters. The summed E-state index contributed by atoms with van der Waals surface area (Å²) >= 11 is 11.8. The van der Waals surface area contributed by atoms with E-state index in [1.807, 2.05) is 12.1 Å². The molecule has 0 atom stereocenters. The van der Waals surface area contributed by atoms with Crippen molar-refractivity contribution in [2.24, 2.45) is 0 Å². The summed E-state index contributed by atoms with van der Waals surface area (Å²) in [6.45, 7) is 0. The standard InChI is InChI=1S/C16H13Cl2NO2/c1-21-15-7-6-13(18)10-14(15)19-16(20)8-5-11-3-2-4-12(17)9-11/h2-10H,1H3,(H,19,20). The van der Waals surface area contributed by atoms with E-state index in [-0.39, 0.29) is 5.91 Å². The number of carbonyl (C=O) groups is 1. The van der Waals surface area contributed by atoms with Crippen LogP contribution < -0.4 is 10.1 Å². The third-order valence-electron chi connectivity index (χ3n) is 2.70. The van der Waals surface area contributed by atoms with Crippen molar-refractivity contribution in [2.75, 3.05) is 12.4 Å². The van der Waals surface area contributed by atoms with Crippen molar-refractivity contribution in [2.45, 2.75) is 0 Å². The van der Waals surface area contributed by atoms with Gasteiger partial charge in [-0.25, -0.2) is 0 Å². The van der Waals surface area contributed by atoms with Crippen molar-refractivity contribution < 1.29 is 9.53 Å². The van der Waals surface area contributed by atoms with Crippen molar-refractivity contribution >= 4 is 40.9 Å². The molecule has 0 aliphatic heterocycles. The van der Waals surface area contributed by atoms with Gasteiger partial charge < -0.3 is 10.1 Å². The molecule has 0 aromatic heterocycles. The third-order valence-corrected chi connectivity index (χ3v) is 3.17. The van der Waals surface area contributed by atoms with E-state index in [9.17, 15) is 4.79 Å². The van der Waals surface area contributed by atoms with E-state index in [4.69, 9.17) is 27.9 Å². The molecule has 108 valence electrons. The van der Waals surface area contributed by atoms with Crippen LogP contribution in [0.15, 0.2) is 48.5 Å². The highest BCUT2D eigenvalue weighted by atomic mass is 35.5. The molecule has 1 amide bonds. The molecule has 0 saturated heterocycles. The zero-order valence-electron chi connectivity index (χ0n) is 11.3. The molecule has 2 aromatic carbocycles. The molecule has 21 heavy (non-hydrogen) atoms. The molecule has 0 spiro atoms. The second-order valence-corrected chi connectivity index (χ2v) is 5.10. The minimum Gasteiger partial charge on any atom is -0.495 e. The minimum absolute atomic E-state index is 0.282. The topological polar surface area (TPSA) is 38.3 Å². The number of carbonyl (C=O) groups excluding carboxylic acids is 1. The van der Waals surface area contributed by atoms with Gasteiger partial charge in [0.15, 0.2) is 0 Å². The van der Waals surface area contributed by atoms with Gasteiger partial charge in [-0.2, -0.15) is 0 Å². The molecule has 2 rings (SSSR count). The smallest absolute Gasteiger partial charge is 0.248 e. The lowest BCUT2D eigenvalue weighted by Gasteiger charge is -2.08. The summed E-state index contributed by atoms with van der Waals surface area (Å²) in [6.07, 6.45) is 3.10. The van der Waals surface area contributed by atoms with E-state index in [1.54, 1.807) is 36.4 Å². The maximum atomic E-state index is 11.9. The largest absolute Gasteiger partial charge is 0.495 e. The van der Waals surface area contributed by atoms with Gasteiger partial charge in [-0.05, 0) is 42.0 Å². The first kappa shape index (κ1) is 15.4. The fourth-order valence-corrected chi connectivity index (χ4v) is 2.11. The number of halogens is 2. The van der Waals surface area contributed by atoms with Gasteiger partial charge in [0.05, 0.1) is 12.8 Å². The molecule has 2 aromatic rings. The number of anilines is 1. The Kier molecular flexibility index (Phi) is 5.26. The van der Waals surface area contributed by atoms with Gasteiger partial charge in [0.1, 0.15) is 5.75 Å². The molecular weight excluding hydrogens is 309 g/mol. The molecular formula is C16H13Cl2NO2. The van der Waals surface area contributed by atoms with Gasteiger partial charge in [-0.1, -0.05) is 35.3 Å². The minimum atomic E-state index is -0.282. The monoisotopic (exact) mass is 321 g/mol. The van der Waals surface area contributed by atoms with Gasteiger partial charge in [0.25, 0.3) is 0 Å². The van der Waals surface area contributed by atoms with Crippen LogP contribution in [0.25, 0.3) is 6.08 Å². The zero-order chi connectivity index (χ0) is 15.2. The first-order valence-corrected chi connectivity index (χ1v) is 6.92. The maximum absolute atomic E-state index is 11.9. The predicted molar refractivity (Wildman–Crippen MR) is 87.1 cm³/mol. The molecule has 3 nitrogen and oxygen atoms in total. The van der Waals surface area contributed by atoms with Gasteiger partial charge in [0, 0.05) is 16.1 Å². The average molecular weight is 322 g/mol. The van der Waals surface area contributed by atoms with Crippen molar-refractivity contribution in [1.29, 1.82) is 0 Å². The van der Waals surface area contributed by atoms with Crippen LogP contribution in [0.5, 0.6) is 5.75 Å². The Hall–Kier alpha value is -1.97. The number of methoxy groups -OCH3 is 1. The highest BCUT2D eigenvalue weighted by Gasteiger charge is 2.06. The number of rotatable bonds is 4. The predicted octanol–water partition coefficient (Wildman–Crippen LogP) is 4.65. The average Bonchev–Trinajstić information content (AvgIpc) is 2.45. The number of amides is 1. The molecule has 1 N–H and O–H groups in total. The Morgan fingerprint density at radius 3 is 2.62 bits per heavy atom. The highest BCUT2D eigenvalue weighted by molar-refractivity contribution is 6.31. The van der Waals surface area contributed by atoms with Crippen LogP contribution in [0.3, 0.4) is 0 Å². The molecule has 0 bridgehead atoms. The van der Waals surface area contributed by atoms with E-state index in [0.717, 1.165) is 5.56 Å². The second-order valence-electron chi connectivity index (χ2n) is 4.22. The van der Waals surface area contributed by atoms with E-state index >= 15 is 0 Å². The van der Waals surface area contributed by atoms with E-state index in [1.165, 1.54) is 13.2 Å². The molecule has 0 fully saturated rings. The first-order valence-electron chi connectivity index (χ1n) is 6.16. The summed E-state index contributed by atoms with van der Waals surface area (Å²) in [5.41, 5.74) is 1.36. The van der Waals surface area contributed by atoms with Gasteiger partial charge in [0.2, 0.25) is 5.91 Å². The van der Waals surface area contributed by atoms with Gasteiger partial charge in [-0.15, -0.1) is 0 Å². The normalized spacial score (nSPS) is 10.6. The van der Waals surface area contributed by atoms with Crippen LogP contribution in [0, 0.1) is 0 Å². The van der Waals surface area contributed by atoms with E-state index in [2.05, 4.69) is 5.32 Å². The van der Waals surface area contributed by atoms with Crippen LogP contribution in [-0.4, -0.2) is 13.0 Å². The SMILES string of the molecule is COc1ccc(Cl)cc1NC(=O)C=Cc1cccc(Cl)c1. The Morgan fingerprint density at radius 2 is 1.90 bits per heavy atom. The fraction of sp³-hybridized carbons (Fsp3) is 0.0625. The molecule has 0 saturated carbocycles. The lowest BCUT2D eigenvalue weighted by Crippen LogP contribution is -2.08. The van der Waals surface area contributed by atoms with Crippen molar-refractivity contribution in [3.63, 3.8) is 0 Å². The van der Waals surface area contributed by atoms with Crippen molar-refractivity contribution in [1.82, 2.24) is 0 Å². The summed E-state index contributed by atoms with van der Waals surface area (Å²) in [5, 5.41) is 3.86.